The average Bonchev–Trinajstić information content (AvgIpc) is 2.58. The van der Waals surface area contributed by atoms with Gasteiger partial charge in [-0.25, -0.2) is 0 Å². The summed E-state index contributed by atoms with van der Waals surface area (Å²) in [7, 11) is 0. The van der Waals surface area contributed by atoms with Crippen LogP contribution in [0.1, 0.15) is 37.3 Å². The highest BCUT2D eigenvalue weighted by Crippen LogP contribution is 2.25. The van der Waals surface area contributed by atoms with Crippen molar-refractivity contribution < 1.29 is 4.79 Å². The first-order chi connectivity index (χ1) is 11.5. The molecule has 0 radical (unpaired) electrons. The van der Waals surface area contributed by atoms with E-state index in [1.807, 2.05) is 24.3 Å². The molecule has 1 atom stereocenters. The van der Waals surface area contributed by atoms with Gasteiger partial charge in [-0.1, -0.05) is 55.2 Å². The molecule has 0 aliphatic heterocycles. The number of carbonyl (C=O) groups is 1. The molecule has 0 aliphatic rings. The number of carbonyl (C=O) groups excluding carboxylic acids is 1. The van der Waals surface area contributed by atoms with Crippen LogP contribution in [0.3, 0.4) is 0 Å². The van der Waals surface area contributed by atoms with Gasteiger partial charge in [0.25, 0.3) is 0 Å². The van der Waals surface area contributed by atoms with Gasteiger partial charge in [0.1, 0.15) is 0 Å². The van der Waals surface area contributed by atoms with Crippen molar-refractivity contribution in [2.24, 2.45) is 0 Å². The van der Waals surface area contributed by atoms with Crippen LogP contribution in [0, 0.1) is 0 Å². The fraction of sp³-hybridized carbons (Fsp3) is 0.316. The standard InChI is InChI=1S/C19H21Cl2NOS/c1-3-13(2)15-5-7-16(8-6-15)22-19(23)12-24-11-14-4-9-17(20)18(21)10-14/h4-10,13H,3,11-12H2,1-2H3,(H,22,23). The molecule has 128 valence electrons. The topological polar surface area (TPSA) is 29.1 Å². The Hall–Kier alpha value is -1.16. The van der Waals surface area contributed by atoms with Crippen LogP contribution in [-0.4, -0.2) is 11.7 Å². The maximum absolute atomic E-state index is 12.0. The summed E-state index contributed by atoms with van der Waals surface area (Å²) in [6, 6.07) is 13.6. The summed E-state index contributed by atoms with van der Waals surface area (Å²) in [4.78, 5) is 12.0. The Balaban J connectivity index is 1.79. The number of benzene rings is 2. The number of rotatable bonds is 7. The van der Waals surface area contributed by atoms with Gasteiger partial charge in [-0.05, 0) is 47.7 Å². The van der Waals surface area contributed by atoms with Crippen molar-refractivity contribution in [1.82, 2.24) is 0 Å². The average molecular weight is 382 g/mol. The summed E-state index contributed by atoms with van der Waals surface area (Å²) in [5.74, 6) is 1.65. The van der Waals surface area contributed by atoms with E-state index in [4.69, 9.17) is 23.2 Å². The second-order valence-electron chi connectivity index (χ2n) is 5.72. The molecule has 1 N–H and O–H groups in total. The van der Waals surface area contributed by atoms with Crippen molar-refractivity contribution in [3.63, 3.8) is 0 Å². The Morgan fingerprint density at radius 2 is 1.83 bits per heavy atom. The van der Waals surface area contributed by atoms with Gasteiger partial charge in [-0.15, -0.1) is 11.8 Å². The van der Waals surface area contributed by atoms with E-state index in [0.717, 1.165) is 23.4 Å². The zero-order chi connectivity index (χ0) is 17.5. The molecule has 0 spiro atoms. The lowest BCUT2D eigenvalue weighted by molar-refractivity contribution is -0.113. The second kappa shape index (κ2) is 9.36. The number of hydrogen-bond donors (Lipinski definition) is 1. The van der Waals surface area contributed by atoms with E-state index >= 15 is 0 Å². The Labute approximate surface area is 157 Å². The van der Waals surface area contributed by atoms with Crippen LogP contribution in [-0.2, 0) is 10.5 Å². The lowest BCUT2D eigenvalue weighted by atomic mass is 9.99. The fourth-order valence-corrected chi connectivity index (χ4v) is 3.31. The predicted molar refractivity (Wildman–Crippen MR) is 106 cm³/mol. The largest absolute Gasteiger partial charge is 0.325 e. The van der Waals surface area contributed by atoms with Crippen LogP contribution in [0.2, 0.25) is 10.0 Å². The molecule has 1 amide bonds. The molecule has 0 aromatic heterocycles. The number of amides is 1. The van der Waals surface area contributed by atoms with Crippen LogP contribution >= 0.6 is 35.0 Å². The van der Waals surface area contributed by atoms with E-state index in [2.05, 4.69) is 31.3 Å². The van der Waals surface area contributed by atoms with E-state index in [9.17, 15) is 4.79 Å². The molecule has 2 rings (SSSR count). The monoisotopic (exact) mass is 381 g/mol. The molecule has 0 bridgehead atoms. The summed E-state index contributed by atoms with van der Waals surface area (Å²) >= 11 is 13.4. The van der Waals surface area contributed by atoms with Gasteiger partial charge < -0.3 is 5.32 Å². The minimum atomic E-state index is -0.00338. The van der Waals surface area contributed by atoms with Crippen LogP contribution in [0.5, 0.6) is 0 Å². The maximum Gasteiger partial charge on any atom is 0.234 e. The summed E-state index contributed by atoms with van der Waals surface area (Å²) in [6.07, 6.45) is 1.11. The number of halogens is 2. The highest BCUT2D eigenvalue weighted by molar-refractivity contribution is 7.99. The Morgan fingerprint density at radius 3 is 2.46 bits per heavy atom. The molecule has 0 saturated heterocycles. The Bertz CT molecular complexity index is 688. The molecule has 5 heteroatoms. The molecule has 1 unspecified atom stereocenters. The smallest absolute Gasteiger partial charge is 0.234 e. The second-order valence-corrected chi connectivity index (χ2v) is 7.52. The van der Waals surface area contributed by atoms with E-state index in [-0.39, 0.29) is 5.91 Å². The predicted octanol–water partition coefficient (Wildman–Crippen LogP) is 6.38. The summed E-state index contributed by atoms with van der Waals surface area (Å²) < 4.78 is 0. The molecule has 2 aromatic rings. The van der Waals surface area contributed by atoms with Crippen molar-refractivity contribution in [1.29, 1.82) is 0 Å². The Kier molecular flexibility index (Phi) is 7.47. The number of thioether (sulfide) groups is 1. The van der Waals surface area contributed by atoms with Crippen molar-refractivity contribution in [3.8, 4) is 0 Å². The normalized spacial score (nSPS) is 12.0. The molecule has 0 saturated carbocycles. The molecule has 2 aromatic carbocycles. The van der Waals surface area contributed by atoms with Crippen molar-refractivity contribution in [2.45, 2.75) is 31.9 Å². The van der Waals surface area contributed by atoms with Crippen molar-refractivity contribution >= 4 is 46.6 Å². The third kappa shape index (κ3) is 5.73. The van der Waals surface area contributed by atoms with Crippen LogP contribution in [0.4, 0.5) is 5.69 Å². The first-order valence-corrected chi connectivity index (χ1v) is 9.82. The van der Waals surface area contributed by atoms with Crippen LogP contribution in [0.25, 0.3) is 0 Å². The first kappa shape index (κ1) is 19.2. The van der Waals surface area contributed by atoms with Gasteiger partial charge in [0.05, 0.1) is 15.8 Å². The van der Waals surface area contributed by atoms with Crippen molar-refractivity contribution in [2.75, 3.05) is 11.1 Å². The van der Waals surface area contributed by atoms with Crippen molar-refractivity contribution in [3.05, 3.63) is 63.6 Å². The minimum absolute atomic E-state index is 0.00338. The third-order valence-electron chi connectivity index (χ3n) is 3.86. The van der Waals surface area contributed by atoms with Gasteiger partial charge in [-0.2, -0.15) is 0 Å². The van der Waals surface area contributed by atoms with Gasteiger partial charge in [0, 0.05) is 11.4 Å². The highest BCUT2D eigenvalue weighted by atomic mass is 35.5. The van der Waals surface area contributed by atoms with Gasteiger partial charge >= 0.3 is 0 Å². The van der Waals surface area contributed by atoms with Crippen LogP contribution in [0.15, 0.2) is 42.5 Å². The molecular formula is C19H21Cl2NOS. The molecule has 0 fully saturated rings. The number of anilines is 1. The van der Waals surface area contributed by atoms with E-state index in [1.54, 1.807) is 17.8 Å². The van der Waals surface area contributed by atoms with E-state index < -0.39 is 0 Å². The van der Waals surface area contributed by atoms with Gasteiger partial charge in [0.15, 0.2) is 0 Å². The number of nitrogens with one attached hydrogen (secondary N) is 1. The fourth-order valence-electron chi connectivity index (χ4n) is 2.22. The zero-order valence-electron chi connectivity index (χ0n) is 13.8. The zero-order valence-corrected chi connectivity index (χ0v) is 16.1. The molecule has 0 aliphatic carbocycles. The third-order valence-corrected chi connectivity index (χ3v) is 5.60. The van der Waals surface area contributed by atoms with E-state index in [0.29, 0.717) is 21.7 Å². The van der Waals surface area contributed by atoms with E-state index in [1.165, 1.54) is 5.56 Å². The lowest BCUT2D eigenvalue weighted by Gasteiger charge is -2.10. The van der Waals surface area contributed by atoms with Gasteiger partial charge in [0.2, 0.25) is 5.91 Å². The molecule has 24 heavy (non-hydrogen) atoms. The first-order valence-electron chi connectivity index (χ1n) is 7.91. The number of hydrogen-bond acceptors (Lipinski definition) is 2. The summed E-state index contributed by atoms with van der Waals surface area (Å²) in [6.45, 7) is 4.37. The summed E-state index contributed by atoms with van der Waals surface area (Å²) in [5, 5.41) is 4.01. The SMILES string of the molecule is CCC(C)c1ccc(NC(=O)CSCc2ccc(Cl)c(Cl)c2)cc1. The lowest BCUT2D eigenvalue weighted by Crippen LogP contribution is -2.14. The minimum Gasteiger partial charge on any atom is -0.325 e. The quantitative estimate of drug-likeness (QED) is 0.602. The van der Waals surface area contributed by atoms with Gasteiger partial charge in [-0.3, -0.25) is 4.79 Å². The maximum atomic E-state index is 12.0. The molecule has 0 heterocycles. The highest BCUT2D eigenvalue weighted by Gasteiger charge is 2.06. The molecular weight excluding hydrogens is 361 g/mol. The van der Waals surface area contributed by atoms with Crippen LogP contribution < -0.4 is 5.32 Å². The molecule has 2 nitrogen and oxygen atoms in total. The Morgan fingerprint density at radius 1 is 1.12 bits per heavy atom. The summed E-state index contributed by atoms with van der Waals surface area (Å²) in [5.41, 5.74) is 3.19.